The highest BCUT2D eigenvalue weighted by Crippen LogP contribution is 2.35. The van der Waals surface area contributed by atoms with Gasteiger partial charge >= 0.3 is 5.97 Å². The maximum atomic E-state index is 14.0. The van der Waals surface area contributed by atoms with Crippen LogP contribution >= 0.6 is 11.3 Å². The largest absolute Gasteiger partial charge is 0.489 e. The fraction of sp³-hybridized carbons (Fsp3) is 0.114. The van der Waals surface area contributed by atoms with E-state index in [4.69, 9.17) is 14.5 Å². The van der Waals surface area contributed by atoms with E-state index < -0.39 is 12.0 Å². The van der Waals surface area contributed by atoms with Crippen LogP contribution in [0.3, 0.4) is 0 Å². The zero-order valence-corrected chi connectivity index (χ0v) is 23.8. The van der Waals surface area contributed by atoms with Crippen molar-refractivity contribution in [3.8, 4) is 5.75 Å². The molecule has 0 aliphatic carbocycles. The molecule has 6 nitrogen and oxygen atoms in total. The SMILES string of the molecule is CCOC(=O)C1=C(c2ccccc2)N=c2s/c(=C\c3ccc(OCc4ccccc4)cc3)c(=O)n2C1c1ccccc1. The third-order valence-electron chi connectivity index (χ3n) is 6.92. The summed E-state index contributed by atoms with van der Waals surface area (Å²) in [5.74, 6) is 0.252. The highest BCUT2D eigenvalue weighted by atomic mass is 32.1. The van der Waals surface area contributed by atoms with Crippen LogP contribution in [-0.4, -0.2) is 17.1 Å². The van der Waals surface area contributed by atoms with Gasteiger partial charge in [0.2, 0.25) is 0 Å². The molecule has 0 saturated carbocycles. The summed E-state index contributed by atoms with van der Waals surface area (Å²) >= 11 is 1.30. The molecule has 4 aromatic carbocycles. The number of hydrogen-bond acceptors (Lipinski definition) is 6. The Hall–Kier alpha value is -5.01. The van der Waals surface area contributed by atoms with Gasteiger partial charge in [0.25, 0.3) is 5.56 Å². The summed E-state index contributed by atoms with van der Waals surface area (Å²) in [6.07, 6.45) is 1.85. The maximum absolute atomic E-state index is 14.0. The predicted octanol–water partition coefficient (Wildman–Crippen LogP) is 5.51. The van der Waals surface area contributed by atoms with Gasteiger partial charge in [-0.25, -0.2) is 9.79 Å². The van der Waals surface area contributed by atoms with Crippen molar-refractivity contribution in [3.05, 3.63) is 163 Å². The molecule has 1 aliphatic heterocycles. The van der Waals surface area contributed by atoms with Gasteiger partial charge in [-0.1, -0.05) is 114 Å². The Morgan fingerprint density at radius 2 is 1.52 bits per heavy atom. The average molecular weight is 573 g/mol. The summed E-state index contributed by atoms with van der Waals surface area (Å²) < 4.78 is 13.6. The Morgan fingerprint density at radius 1 is 0.881 bits per heavy atom. The van der Waals surface area contributed by atoms with Crippen molar-refractivity contribution in [1.82, 2.24) is 4.57 Å². The highest BCUT2D eigenvalue weighted by molar-refractivity contribution is 7.07. The molecule has 0 spiro atoms. The lowest BCUT2D eigenvalue weighted by molar-refractivity contribution is -0.138. The molecular formula is C35H28N2O4S. The van der Waals surface area contributed by atoms with Crippen molar-refractivity contribution in [2.45, 2.75) is 19.6 Å². The molecule has 1 atom stereocenters. The van der Waals surface area contributed by atoms with Gasteiger partial charge in [-0.2, -0.15) is 0 Å². The van der Waals surface area contributed by atoms with Gasteiger partial charge in [0.05, 0.1) is 28.5 Å². The number of nitrogens with zero attached hydrogens (tertiary/aromatic N) is 2. The molecule has 0 fully saturated rings. The second-order valence-electron chi connectivity index (χ2n) is 9.69. The van der Waals surface area contributed by atoms with E-state index in [-0.39, 0.29) is 12.2 Å². The molecule has 208 valence electrons. The molecule has 0 radical (unpaired) electrons. The van der Waals surface area contributed by atoms with E-state index in [0.717, 1.165) is 28.0 Å². The molecule has 5 aromatic rings. The number of ether oxygens (including phenoxy) is 2. The number of carbonyl (C=O) groups excluding carboxylic acids is 1. The molecule has 0 saturated heterocycles. The molecule has 42 heavy (non-hydrogen) atoms. The number of thiazole rings is 1. The molecule has 1 aliphatic rings. The van der Waals surface area contributed by atoms with Crippen molar-refractivity contribution in [1.29, 1.82) is 0 Å². The van der Waals surface area contributed by atoms with E-state index in [2.05, 4.69) is 0 Å². The van der Waals surface area contributed by atoms with Crippen LogP contribution in [0.25, 0.3) is 11.8 Å². The minimum absolute atomic E-state index is 0.210. The molecule has 2 heterocycles. The summed E-state index contributed by atoms with van der Waals surface area (Å²) in [6, 6.07) is 36.0. The first-order chi connectivity index (χ1) is 20.6. The number of hydrogen-bond donors (Lipinski definition) is 0. The monoisotopic (exact) mass is 572 g/mol. The fourth-order valence-electron chi connectivity index (χ4n) is 4.94. The number of esters is 1. The van der Waals surface area contributed by atoms with Gasteiger partial charge in [0.1, 0.15) is 12.4 Å². The van der Waals surface area contributed by atoms with Gasteiger partial charge in [0, 0.05) is 5.56 Å². The Kier molecular flexibility index (Phi) is 7.92. The summed E-state index contributed by atoms with van der Waals surface area (Å²) in [5.41, 5.74) is 4.17. The zero-order chi connectivity index (χ0) is 28.9. The highest BCUT2D eigenvalue weighted by Gasteiger charge is 2.35. The minimum atomic E-state index is -0.687. The summed E-state index contributed by atoms with van der Waals surface area (Å²) in [5, 5.41) is 0. The summed E-state index contributed by atoms with van der Waals surface area (Å²) in [4.78, 5) is 32.9. The lowest BCUT2D eigenvalue weighted by Crippen LogP contribution is -2.39. The van der Waals surface area contributed by atoms with Crippen molar-refractivity contribution in [3.63, 3.8) is 0 Å². The third-order valence-corrected chi connectivity index (χ3v) is 7.90. The van der Waals surface area contributed by atoms with Crippen LogP contribution in [0, 0.1) is 0 Å². The minimum Gasteiger partial charge on any atom is -0.489 e. The van der Waals surface area contributed by atoms with E-state index in [9.17, 15) is 9.59 Å². The van der Waals surface area contributed by atoms with E-state index in [1.54, 1.807) is 11.5 Å². The smallest absolute Gasteiger partial charge is 0.338 e. The number of rotatable bonds is 8. The van der Waals surface area contributed by atoms with Crippen LogP contribution in [0.2, 0.25) is 0 Å². The van der Waals surface area contributed by atoms with Crippen molar-refractivity contribution < 1.29 is 14.3 Å². The third kappa shape index (κ3) is 5.60. The summed E-state index contributed by atoms with van der Waals surface area (Å²) in [6.45, 7) is 2.46. The number of benzene rings is 4. The molecule has 0 bridgehead atoms. The van der Waals surface area contributed by atoms with Gasteiger partial charge in [0.15, 0.2) is 4.80 Å². The zero-order valence-electron chi connectivity index (χ0n) is 23.0. The van der Waals surface area contributed by atoms with Crippen LogP contribution in [-0.2, 0) is 16.1 Å². The second kappa shape index (κ2) is 12.2. The van der Waals surface area contributed by atoms with E-state index in [1.165, 1.54) is 11.3 Å². The Balaban J connectivity index is 1.44. The lowest BCUT2D eigenvalue weighted by Gasteiger charge is -2.25. The van der Waals surface area contributed by atoms with Crippen LogP contribution < -0.4 is 19.6 Å². The lowest BCUT2D eigenvalue weighted by atomic mass is 9.93. The maximum Gasteiger partial charge on any atom is 0.338 e. The quantitative estimate of drug-likeness (QED) is 0.230. The van der Waals surface area contributed by atoms with Crippen LogP contribution in [0.15, 0.2) is 131 Å². The average Bonchev–Trinajstić information content (AvgIpc) is 3.35. The van der Waals surface area contributed by atoms with Gasteiger partial charge in [-0.3, -0.25) is 9.36 Å². The summed E-state index contributed by atoms with van der Waals surface area (Å²) in [7, 11) is 0. The van der Waals surface area contributed by atoms with Gasteiger partial charge in [-0.05, 0) is 41.8 Å². The van der Waals surface area contributed by atoms with Gasteiger partial charge < -0.3 is 9.47 Å². The van der Waals surface area contributed by atoms with E-state index in [1.807, 2.05) is 121 Å². The van der Waals surface area contributed by atoms with Crippen molar-refractivity contribution >= 4 is 29.1 Å². The molecule has 0 amide bonds. The number of fused-ring (bicyclic) bond motifs is 1. The van der Waals surface area contributed by atoms with Crippen molar-refractivity contribution in [2.75, 3.05) is 6.61 Å². The molecule has 1 unspecified atom stereocenters. The second-order valence-corrected chi connectivity index (χ2v) is 10.7. The van der Waals surface area contributed by atoms with E-state index >= 15 is 0 Å². The molecule has 7 heteroatoms. The first-order valence-corrected chi connectivity index (χ1v) is 14.5. The Bertz CT molecular complexity index is 1910. The van der Waals surface area contributed by atoms with Crippen LogP contribution in [0.5, 0.6) is 5.75 Å². The Labute approximate surface area is 247 Å². The Morgan fingerprint density at radius 3 is 2.19 bits per heavy atom. The molecule has 0 N–H and O–H groups in total. The van der Waals surface area contributed by atoms with Crippen LogP contribution in [0.4, 0.5) is 0 Å². The molecular weight excluding hydrogens is 544 g/mol. The fourth-order valence-corrected chi connectivity index (χ4v) is 5.94. The molecule has 6 rings (SSSR count). The first-order valence-electron chi connectivity index (χ1n) is 13.7. The van der Waals surface area contributed by atoms with Gasteiger partial charge in [-0.15, -0.1) is 0 Å². The normalized spacial score (nSPS) is 14.7. The first kappa shape index (κ1) is 27.2. The number of aromatic nitrogens is 1. The van der Waals surface area contributed by atoms with Crippen molar-refractivity contribution in [2.24, 2.45) is 4.99 Å². The van der Waals surface area contributed by atoms with E-state index in [0.29, 0.717) is 27.2 Å². The predicted molar refractivity (Wildman–Crippen MR) is 165 cm³/mol. The topological polar surface area (TPSA) is 69.9 Å². The van der Waals surface area contributed by atoms with Crippen LogP contribution in [0.1, 0.15) is 35.2 Å². The number of carbonyl (C=O) groups is 1. The molecule has 1 aromatic heterocycles. The standard InChI is InChI=1S/C35H28N2O4S/c1-2-40-34(39)30-31(26-14-8-4-9-15-26)36-35-37(32(30)27-16-10-5-11-17-27)33(38)29(42-35)22-24-18-20-28(21-19-24)41-23-25-12-6-3-7-13-25/h3-22,32H,2,23H2,1H3/b29-22-.